The van der Waals surface area contributed by atoms with Crippen molar-refractivity contribution in [2.45, 2.75) is 19.7 Å². The lowest BCUT2D eigenvalue weighted by Gasteiger charge is -2.11. The summed E-state index contributed by atoms with van der Waals surface area (Å²) in [6.07, 6.45) is -2.14. The van der Waals surface area contributed by atoms with Gasteiger partial charge in [-0.2, -0.15) is 13.2 Å². The van der Waals surface area contributed by atoms with Gasteiger partial charge in [0.2, 0.25) is 0 Å². The van der Waals surface area contributed by atoms with Crippen molar-refractivity contribution in [2.24, 2.45) is 0 Å². The summed E-state index contributed by atoms with van der Waals surface area (Å²) in [7, 11) is 1.46. The molecule has 0 atom stereocenters. The molecule has 2 aromatic carbocycles. The smallest absolute Gasteiger partial charge is 0.416 e. The van der Waals surface area contributed by atoms with Crippen molar-refractivity contribution in [1.29, 1.82) is 0 Å². The predicted octanol–water partition coefficient (Wildman–Crippen LogP) is 4.49. The molecule has 0 spiro atoms. The second-order valence-corrected chi connectivity index (χ2v) is 7.54. The Bertz CT molecular complexity index is 1120. The summed E-state index contributed by atoms with van der Waals surface area (Å²) in [4.78, 5) is 15.7. The number of carboxylic acids is 1. The Balaban J connectivity index is 1.78. The van der Waals surface area contributed by atoms with Crippen LogP contribution >= 0.6 is 11.3 Å². The van der Waals surface area contributed by atoms with Gasteiger partial charge in [-0.15, -0.1) is 11.3 Å². The number of thiazole rings is 1. The van der Waals surface area contributed by atoms with Crippen LogP contribution < -0.4 is 14.6 Å². The number of rotatable bonds is 7. The maximum atomic E-state index is 13.0. The number of alkyl halides is 3. The minimum atomic E-state index is -4.42. The average molecular weight is 448 g/mol. The number of carboxylic acid groups (broad SMARTS) is 1. The second kappa shape index (κ2) is 9.22. The van der Waals surface area contributed by atoms with E-state index in [1.165, 1.54) is 30.6 Å². The van der Waals surface area contributed by atoms with Gasteiger partial charge in [0, 0.05) is 5.56 Å². The first-order chi connectivity index (χ1) is 14.7. The molecule has 0 N–H and O–H groups in total. The highest BCUT2D eigenvalue weighted by Gasteiger charge is 2.30. The van der Waals surface area contributed by atoms with E-state index in [1.54, 1.807) is 31.2 Å². The summed E-state index contributed by atoms with van der Waals surface area (Å²) in [5, 5.41) is 11.0. The van der Waals surface area contributed by atoms with Gasteiger partial charge >= 0.3 is 6.18 Å². The summed E-state index contributed by atoms with van der Waals surface area (Å²) in [6.45, 7) is 1.91. The quantitative estimate of drug-likeness (QED) is 0.498. The lowest BCUT2D eigenvalue weighted by atomic mass is 10.1. The van der Waals surface area contributed by atoms with Gasteiger partial charge in [0.15, 0.2) is 11.5 Å². The predicted molar refractivity (Wildman–Crippen MR) is 109 cm³/mol. The molecule has 5 nitrogen and oxygen atoms in total. The summed E-state index contributed by atoms with van der Waals surface area (Å²) in [6, 6.07) is 9.94. The van der Waals surface area contributed by atoms with E-state index in [1.807, 2.05) is 0 Å². The van der Waals surface area contributed by atoms with Crippen molar-refractivity contribution in [1.82, 2.24) is 4.98 Å². The minimum Gasteiger partial charge on any atom is -0.545 e. The summed E-state index contributed by atoms with van der Waals surface area (Å²) in [5.74, 6) is -0.473. The topological polar surface area (TPSA) is 71.5 Å². The monoisotopic (exact) mass is 448 g/mol. The highest BCUT2D eigenvalue weighted by Crippen LogP contribution is 2.35. The molecule has 0 aliphatic heterocycles. The van der Waals surface area contributed by atoms with Crippen molar-refractivity contribution in [3.8, 4) is 22.1 Å². The number of nitrogens with zero attached hydrogens (tertiary/aromatic N) is 1. The molecule has 162 valence electrons. The van der Waals surface area contributed by atoms with Crippen LogP contribution in [0.1, 0.15) is 21.7 Å². The molecule has 0 fully saturated rings. The van der Waals surface area contributed by atoms with Crippen molar-refractivity contribution in [3.63, 3.8) is 0 Å². The van der Waals surface area contributed by atoms with E-state index in [9.17, 15) is 23.1 Å². The van der Waals surface area contributed by atoms with Crippen LogP contribution in [0.3, 0.4) is 0 Å². The van der Waals surface area contributed by atoms with Gasteiger partial charge < -0.3 is 19.4 Å². The van der Waals surface area contributed by atoms with E-state index < -0.39 is 17.7 Å². The third kappa shape index (κ3) is 5.64. The number of aromatic nitrogens is 1. The molecular weight excluding hydrogens is 431 g/mol. The standard InChI is InChI=1S/C22H18F3NO4S/c1-13-19(31-21(26-13)15-4-3-5-16(11-15)22(23,24)25)12-30-17-8-6-14(7-9-20(27)28)10-18(17)29-2/h3-11H,12H2,1-2H3,(H,27,28)/p-1/b9-7+. The molecule has 31 heavy (non-hydrogen) atoms. The Morgan fingerprint density at radius 3 is 2.65 bits per heavy atom. The fourth-order valence-corrected chi connectivity index (χ4v) is 3.70. The van der Waals surface area contributed by atoms with E-state index in [-0.39, 0.29) is 6.61 Å². The summed E-state index contributed by atoms with van der Waals surface area (Å²) < 4.78 is 50.0. The van der Waals surface area contributed by atoms with Crippen molar-refractivity contribution >= 4 is 23.4 Å². The number of halogens is 3. The summed E-state index contributed by atoms with van der Waals surface area (Å²) in [5.41, 5.74) is 0.906. The number of hydrogen-bond acceptors (Lipinski definition) is 6. The number of aryl methyl sites for hydroxylation is 1. The van der Waals surface area contributed by atoms with E-state index in [0.29, 0.717) is 33.3 Å². The Morgan fingerprint density at radius 2 is 1.97 bits per heavy atom. The van der Waals surface area contributed by atoms with Gasteiger partial charge in [-0.3, -0.25) is 0 Å². The van der Waals surface area contributed by atoms with Gasteiger partial charge in [0.05, 0.1) is 29.2 Å². The molecule has 1 aromatic heterocycles. The van der Waals surface area contributed by atoms with Crippen LogP contribution in [-0.2, 0) is 17.6 Å². The first-order valence-corrected chi connectivity index (χ1v) is 9.83. The summed E-state index contributed by atoms with van der Waals surface area (Å²) >= 11 is 1.25. The van der Waals surface area contributed by atoms with Crippen molar-refractivity contribution in [3.05, 3.63) is 70.2 Å². The third-order valence-electron chi connectivity index (χ3n) is 4.29. The Kier molecular flexibility index (Phi) is 6.65. The fraction of sp³-hybridized carbons (Fsp3) is 0.182. The van der Waals surface area contributed by atoms with E-state index in [0.717, 1.165) is 23.1 Å². The van der Waals surface area contributed by atoms with Gasteiger partial charge in [-0.1, -0.05) is 24.3 Å². The van der Waals surface area contributed by atoms with Crippen molar-refractivity contribution in [2.75, 3.05) is 7.11 Å². The molecule has 0 aliphatic rings. The van der Waals surface area contributed by atoms with Crippen LogP contribution in [0, 0.1) is 6.92 Å². The van der Waals surface area contributed by atoms with Crippen LogP contribution in [0.15, 0.2) is 48.5 Å². The Labute approximate surface area is 180 Å². The van der Waals surface area contributed by atoms with Gasteiger partial charge in [0.25, 0.3) is 0 Å². The number of carbonyl (C=O) groups excluding carboxylic acids is 1. The molecule has 0 radical (unpaired) electrons. The lowest BCUT2D eigenvalue weighted by Crippen LogP contribution is -2.18. The molecule has 9 heteroatoms. The van der Waals surface area contributed by atoms with E-state index in [4.69, 9.17) is 9.47 Å². The minimum absolute atomic E-state index is 0.146. The number of hydrogen-bond donors (Lipinski definition) is 0. The number of carbonyl (C=O) groups is 1. The van der Waals surface area contributed by atoms with Crippen LogP contribution in [0.5, 0.6) is 11.5 Å². The van der Waals surface area contributed by atoms with Crippen LogP contribution in [0.25, 0.3) is 16.6 Å². The first-order valence-electron chi connectivity index (χ1n) is 9.01. The number of methoxy groups -OCH3 is 1. The normalized spacial score (nSPS) is 11.6. The highest BCUT2D eigenvalue weighted by atomic mass is 32.1. The molecule has 3 rings (SSSR count). The molecule has 0 bridgehead atoms. The van der Waals surface area contributed by atoms with E-state index in [2.05, 4.69) is 4.98 Å². The molecule has 1 heterocycles. The molecule has 0 unspecified atom stereocenters. The molecule has 0 amide bonds. The maximum Gasteiger partial charge on any atom is 0.416 e. The third-order valence-corrected chi connectivity index (χ3v) is 5.47. The molecule has 0 aliphatic carbocycles. The van der Waals surface area contributed by atoms with Gasteiger partial charge in [-0.25, -0.2) is 4.98 Å². The first kappa shape index (κ1) is 22.4. The SMILES string of the molecule is COc1cc(/C=C/C(=O)[O-])ccc1OCc1sc(-c2cccc(C(F)(F)F)c2)nc1C. The zero-order chi connectivity index (χ0) is 22.6. The second-order valence-electron chi connectivity index (χ2n) is 6.46. The Hall–Kier alpha value is -3.33. The van der Waals surface area contributed by atoms with Gasteiger partial charge in [-0.05, 0) is 42.8 Å². The molecule has 3 aromatic rings. The van der Waals surface area contributed by atoms with E-state index >= 15 is 0 Å². The molecular formula is C22H17F3NO4S-. The maximum absolute atomic E-state index is 13.0. The van der Waals surface area contributed by atoms with Crippen LogP contribution in [-0.4, -0.2) is 18.1 Å². The number of aliphatic carboxylic acids is 1. The zero-order valence-electron chi connectivity index (χ0n) is 16.5. The number of ether oxygens (including phenoxy) is 2. The fourth-order valence-electron chi connectivity index (χ4n) is 2.73. The average Bonchev–Trinajstić information content (AvgIpc) is 3.11. The molecule has 0 saturated carbocycles. The van der Waals surface area contributed by atoms with Crippen LogP contribution in [0.4, 0.5) is 13.2 Å². The number of benzene rings is 2. The zero-order valence-corrected chi connectivity index (χ0v) is 17.3. The highest BCUT2D eigenvalue weighted by molar-refractivity contribution is 7.15. The lowest BCUT2D eigenvalue weighted by molar-refractivity contribution is -0.297. The largest absolute Gasteiger partial charge is 0.545 e. The Morgan fingerprint density at radius 1 is 1.19 bits per heavy atom. The molecule has 0 saturated heterocycles. The van der Waals surface area contributed by atoms with Gasteiger partial charge in [0.1, 0.15) is 11.6 Å². The van der Waals surface area contributed by atoms with Crippen LogP contribution in [0.2, 0.25) is 0 Å². The van der Waals surface area contributed by atoms with Crippen molar-refractivity contribution < 1.29 is 32.5 Å².